The van der Waals surface area contributed by atoms with E-state index in [2.05, 4.69) is 5.32 Å². The molecule has 170 valence electrons. The smallest absolute Gasteiger partial charge is 0.249 e. The lowest BCUT2D eigenvalue weighted by atomic mass is 10.1. The van der Waals surface area contributed by atoms with Crippen molar-refractivity contribution in [3.8, 4) is 11.1 Å². The number of nitrogens with two attached hydrogens (primary N) is 1. The number of amides is 1. The summed E-state index contributed by atoms with van der Waals surface area (Å²) >= 11 is 0. The third kappa shape index (κ3) is 4.89. The van der Waals surface area contributed by atoms with Gasteiger partial charge in [0.25, 0.3) is 0 Å². The number of carbonyl (C=O) groups excluding carboxylic acids is 1. The number of hydrogen-bond donors (Lipinski definition) is 3. The highest BCUT2D eigenvalue weighted by atomic mass is 32.2. The molecule has 8 nitrogen and oxygen atoms in total. The Hall–Kier alpha value is -3.69. The maximum atomic E-state index is 13.0. The van der Waals surface area contributed by atoms with Crippen LogP contribution in [0.2, 0.25) is 0 Å². The molecule has 4 rings (SSSR count). The SMILES string of the molecule is CS(=O)(=O)c1ccccc1-c1ccc(NC(=O)C2COCN2c2cccc(C(=N)N)c2)cc1. The molecule has 1 saturated heterocycles. The van der Waals surface area contributed by atoms with Crippen LogP contribution in [0.5, 0.6) is 0 Å². The second-order valence-corrected chi connectivity index (χ2v) is 9.77. The summed E-state index contributed by atoms with van der Waals surface area (Å²) in [5.41, 5.74) is 8.84. The van der Waals surface area contributed by atoms with Gasteiger partial charge in [-0.3, -0.25) is 10.2 Å². The molecule has 3 aromatic rings. The Kier molecular flexibility index (Phi) is 6.17. The second kappa shape index (κ2) is 9.05. The van der Waals surface area contributed by atoms with Gasteiger partial charge in [0, 0.05) is 28.8 Å². The molecule has 0 saturated carbocycles. The monoisotopic (exact) mass is 464 g/mol. The molecule has 9 heteroatoms. The summed E-state index contributed by atoms with van der Waals surface area (Å²) in [6, 6.07) is 20.4. The van der Waals surface area contributed by atoms with Gasteiger partial charge >= 0.3 is 0 Å². The van der Waals surface area contributed by atoms with Gasteiger partial charge in [-0.2, -0.15) is 0 Å². The van der Waals surface area contributed by atoms with Crippen molar-refractivity contribution in [1.29, 1.82) is 5.41 Å². The quantitative estimate of drug-likeness (QED) is 0.380. The number of nitrogen functional groups attached to an aromatic ring is 1. The average molecular weight is 465 g/mol. The molecule has 0 spiro atoms. The number of sulfone groups is 1. The van der Waals surface area contributed by atoms with Gasteiger partial charge < -0.3 is 20.7 Å². The number of anilines is 2. The number of ether oxygens (including phenoxy) is 1. The average Bonchev–Trinajstić information content (AvgIpc) is 3.29. The third-order valence-corrected chi connectivity index (χ3v) is 6.58. The van der Waals surface area contributed by atoms with Crippen molar-refractivity contribution in [2.24, 2.45) is 5.73 Å². The summed E-state index contributed by atoms with van der Waals surface area (Å²) in [4.78, 5) is 15.1. The van der Waals surface area contributed by atoms with E-state index in [9.17, 15) is 13.2 Å². The van der Waals surface area contributed by atoms with Crippen LogP contribution in [0.4, 0.5) is 11.4 Å². The molecule has 1 fully saturated rings. The zero-order valence-electron chi connectivity index (χ0n) is 18.0. The van der Waals surface area contributed by atoms with Gasteiger partial charge in [-0.05, 0) is 35.9 Å². The fourth-order valence-corrected chi connectivity index (χ4v) is 4.66. The molecular weight excluding hydrogens is 440 g/mol. The normalized spacial score (nSPS) is 15.9. The lowest BCUT2D eigenvalue weighted by Crippen LogP contribution is -2.41. The Bertz CT molecular complexity index is 1310. The van der Waals surface area contributed by atoms with Crippen LogP contribution >= 0.6 is 0 Å². The summed E-state index contributed by atoms with van der Waals surface area (Å²) < 4.78 is 29.7. The molecule has 1 aliphatic heterocycles. The molecular formula is C24H24N4O4S. The van der Waals surface area contributed by atoms with E-state index >= 15 is 0 Å². The zero-order chi connectivity index (χ0) is 23.6. The van der Waals surface area contributed by atoms with E-state index in [1.165, 1.54) is 6.26 Å². The maximum Gasteiger partial charge on any atom is 0.249 e. The first-order valence-electron chi connectivity index (χ1n) is 10.2. The Labute approximate surface area is 192 Å². The first-order chi connectivity index (χ1) is 15.7. The summed E-state index contributed by atoms with van der Waals surface area (Å²) in [6.45, 7) is 0.483. The van der Waals surface area contributed by atoms with Gasteiger partial charge in [-0.1, -0.05) is 42.5 Å². The number of carbonyl (C=O) groups is 1. The fraction of sp³-hybridized carbons (Fsp3) is 0.167. The topological polar surface area (TPSA) is 126 Å². The van der Waals surface area contributed by atoms with Crippen LogP contribution in [0.15, 0.2) is 77.7 Å². The first-order valence-corrected chi connectivity index (χ1v) is 12.1. The lowest BCUT2D eigenvalue weighted by Gasteiger charge is -2.24. The Balaban J connectivity index is 1.52. The van der Waals surface area contributed by atoms with Crippen molar-refractivity contribution < 1.29 is 17.9 Å². The van der Waals surface area contributed by atoms with Crippen LogP contribution in [-0.4, -0.2) is 45.8 Å². The molecule has 1 unspecified atom stereocenters. The van der Waals surface area contributed by atoms with Crippen molar-refractivity contribution >= 4 is 33.0 Å². The number of rotatable bonds is 6. The van der Waals surface area contributed by atoms with Crippen LogP contribution in [-0.2, 0) is 19.4 Å². The minimum atomic E-state index is -3.37. The molecule has 0 aliphatic carbocycles. The highest BCUT2D eigenvalue weighted by Gasteiger charge is 2.32. The molecule has 33 heavy (non-hydrogen) atoms. The number of amidine groups is 1. The molecule has 0 aromatic heterocycles. The molecule has 3 aromatic carbocycles. The molecule has 1 aliphatic rings. The summed E-state index contributed by atoms with van der Waals surface area (Å²) in [6.07, 6.45) is 1.18. The van der Waals surface area contributed by atoms with E-state index in [1.807, 2.05) is 11.0 Å². The fourth-order valence-electron chi connectivity index (χ4n) is 3.75. The van der Waals surface area contributed by atoms with Crippen molar-refractivity contribution in [2.45, 2.75) is 10.9 Å². The molecule has 4 N–H and O–H groups in total. The highest BCUT2D eigenvalue weighted by molar-refractivity contribution is 7.90. The number of benzene rings is 3. The van der Waals surface area contributed by atoms with Crippen molar-refractivity contribution in [3.05, 3.63) is 78.4 Å². The third-order valence-electron chi connectivity index (χ3n) is 5.42. The van der Waals surface area contributed by atoms with Crippen LogP contribution in [0.25, 0.3) is 11.1 Å². The standard InChI is InChI=1S/C24H24N4O4S/c1-33(30,31)22-8-3-2-7-20(22)16-9-11-18(12-10-16)27-24(29)21-14-32-15-28(21)19-6-4-5-17(13-19)23(25)26/h2-13,21H,14-15H2,1H3,(H3,25,26)(H,27,29). The number of hydrogen-bond acceptors (Lipinski definition) is 6. The molecule has 0 bridgehead atoms. The Morgan fingerprint density at radius 2 is 1.82 bits per heavy atom. The van der Waals surface area contributed by atoms with Gasteiger partial charge in [-0.15, -0.1) is 0 Å². The van der Waals surface area contributed by atoms with E-state index in [0.717, 1.165) is 11.3 Å². The van der Waals surface area contributed by atoms with Gasteiger partial charge in [0.15, 0.2) is 9.84 Å². The Morgan fingerprint density at radius 1 is 1.09 bits per heavy atom. The van der Waals surface area contributed by atoms with E-state index in [-0.39, 0.29) is 30.0 Å². The van der Waals surface area contributed by atoms with Gasteiger partial charge in [0.2, 0.25) is 5.91 Å². The first kappa shape index (κ1) is 22.5. The van der Waals surface area contributed by atoms with Gasteiger partial charge in [0.05, 0.1) is 11.5 Å². The minimum absolute atomic E-state index is 0.0458. The largest absolute Gasteiger partial charge is 0.384 e. The summed E-state index contributed by atoms with van der Waals surface area (Å²) in [7, 11) is -3.37. The van der Waals surface area contributed by atoms with E-state index < -0.39 is 15.9 Å². The molecule has 1 heterocycles. The van der Waals surface area contributed by atoms with Crippen LogP contribution in [0, 0.1) is 5.41 Å². The van der Waals surface area contributed by atoms with Crippen LogP contribution in [0.1, 0.15) is 5.56 Å². The number of nitrogens with one attached hydrogen (secondary N) is 2. The number of nitrogens with zero attached hydrogens (tertiary/aromatic N) is 1. The van der Waals surface area contributed by atoms with Crippen molar-refractivity contribution in [3.63, 3.8) is 0 Å². The zero-order valence-corrected chi connectivity index (χ0v) is 18.8. The summed E-state index contributed by atoms with van der Waals surface area (Å²) in [5.74, 6) is -0.277. The lowest BCUT2D eigenvalue weighted by molar-refractivity contribution is -0.117. The Morgan fingerprint density at radius 3 is 2.52 bits per heavy atom. The van der Waals surface area contributed by atoms with E-state index in [4.69, 9.17) is 15.9 Å². The van der Waals surface area contributed by atoms with Gasteiger partial charge in [0.1, 0.15) is 18.6 Å². The summed E-state index contributed by atoms with van der Waals surface area (Å²) in [5, 5.41) is 10.5. The van der Waals surface area contributed by atoms with Crippen LogP contribution in [0.3, 0.4) is 0 Å². The van der Waals surface area contributed by atoms with Crippen LogP contribution < -0.4 is 16.0 Å². The predicted molar refractivity (Wildman–Crippen MR) is 128 cm³/mol. The van der Waals surface area contributed by atoms with E-state index in [0.29, 0.717) is 16.8 Å². The highest BCUT2D eigenvalue weighted by Crippen LogP contribution is 2.29. The second-order valence-electron chi connectivity index (χ2n) is 7.78. The molecule has 1 amide bonds. The molecule has 1 atom stereocenters. The maximum absolute atomic E-state index is 13.0. The van der Waals surface area contributed by atoms with Gasteiger partial charge in [-0.25, -0.2) is 8.42 Å². The predicted octanol–water partition coefficient (Wildman–Crippen LogP) is 2.84. The molecule has 0 radical (unpaired) electrons. The van der Waals surface area contributed by atoms with Crippen molar-refractivity contribution in [1.82, 2.24) is 0 Å². The van der Waals surface area contributed by atoms with Crippen molar-refractivity contribution in [2.75, 3.05) is 29.8 Å². The van der Waals surface area contributed by atoms with E-state index in [1.54, 1.807) is 66.7 Å². The minimum Gasteiger partial charge on any atom is -0.384 e.